The highest BCUT2D eigenvalue weighted by atomic mass is 16.5. The van der Waals surface area contributed by atoms with Crippen LogP contribution in [0, 0.1) is 5.41 Å². The summed E-state index contributed by atoms with van der Waals surface area (Å²) in [6.07, 6.45) is 6.26. The van der Waals surface area contributed by atoms with Gasteiger partial charge in [0.05, 0.1) is 6.61 Å². The molecular weight excluding hydrogens is 246 g/mol. The van der Waals surface area contributed by atoms with E-state index in [-0.39, 0.29) is 0 Å². The Kier molecular flexibility index (Phi) is 5.47. The molecule has 1 fully saturated rings. The van der Waals surface area contributed by atoms with Crippen LogP contribution < -0.4 is 10.1 Å². The van der Waals surface area contributed by atoms with Crippen LogP contribution in [-0.4, -0.2) is 12.6 Å². The summed E-state index contributed by atoms with van der Waals surface area (Å²) in [5.74, 6) is 0.990. The summed E-state index contributed by atoms with van der Waals surface area (Å²) in [6, 6.07) is 9.21. The third-order valence-corrected chi connectivity index (χ3v) is 4.25. The monoisotopic (exact) mass is 275 g/mol. The third-order valence-electron chi connectivity index (χ3n) is 4.25. The molecule has 1 saturated carbocycles. The molecule has 112 valence electrons. The van der Waals surface area contributed by atoms with Crippen molar-refractivity contribution in [3.63, 3.8) is 0 Å². The van der Waals surface area contributed by atoms with Gasteiger partial charge in [0.1, 0.15) is 5.75 Å². The Bertz CT molecular complexity index is 396. The number of rotatable bonds is 7. The Morgan fingerprint density at radius 3 is 2.60 bits per heavy atom. The largest absolute Gasteiger partial charge is 0.494 e. The second-order valence-electron chi connectivity index (χ2n) is 6.83. The van der Waals surface area contributed by atoms with E-state index in [9.17, 15) is 0 Å². The van der Waals surface area contributed by atoms with Gasteiger partial charge in [0, 0.05) is 12.6 Å². The van der Waals surface area contributed by atoms with Crippen molar-refractivity contribution in [3.8, 4) is 5.75 Å². The van der Waals surface area contributed by atoms with Crippen LogP contribution >= 0.6 is 0 Å². The SMILES string of the molecule is CCCCOc1ccc(CNC2CCC(C)(C)C2)cc1. The van der Waals surface area contributed by atoms with E-state index < -0.39 is 0 Å². The first-order valence-electron chi connectivity index (χ1n) is 8.04. The molecular formula is C18H29NO. The summed E-state index contributed by atoms with van der Waals surface area (Å²) in [5.41, 5.74) is 1.87. The Morgan fingerprint density at radius 2 is 2.00 bits per heavy atom. The second-order valence-corrected chi connectivity index (χ2v) is 6.83. The molecule has 1 unspecified atom stereocenters. The Balaban J connectivity index is 1.74. The van der Waals surface area contributed by atoms with Crippen molar-refractivity contribution in [3.05, 3.63) is 29.8 Å². The first-order valence-corrected chi connectivity index (χ1v) is 8.04. The van der Waals surface area contributed by atoms with Crippen LogP contribution in [0.4, 0.5) is 0 Å². The van der Waals surface area contributed by atoms with E-state index in [1.54, 1.807) is 0 Å². The quantitative estimate of drug-likeness (QED) is 0.738. The molecule has 0 spiro atoms. The predicted octanol–water partition coefficient (Wildman–Crippen LogP) is 4.53. The zero-order valence-electron chi connectivity index (χ0n) is 13.2. The number of unbranched alkanes of at least 4 members (excludes halogenated alkanes) is 1. The second kappa shape index (κ2) is 7.12. The molecule has 1 aromatic carbocycles. The van der Waals surface area contributed by atoms with Gasteiger partial charge in [-0.1, -0.05) is 39.3 Å². The fourth-order valence-electron chi connectivity index (χ4n) is 2.91. The maximum Gasteiger partial charge on any atom is 0.119 e. The van der Waals surface area contributed by atoms with Gasteiger partial charge in [0.2, 0.25) is 0 Å². The van der Waals surface area contributed by atoms with Crippen LogP contribution in [0.2, 0.25) is 0 Å². The Hall–Kier alpha value is -1.02. The van der Waals surface area contributed by atoms with Gasteiger partial charge in [-0.05, 0) is 48.8 Å². The molecule has 1 N–H and O–H groups in total. The van der Waals surface area contributed by atoms with Gasteiger partial charge in [-0.2, -0.15) is 0 Å². The Labute approximate surface area is 123 Å². The van der Waals surface area contributed by atoms with Gasteiger partial charge in [0.25, 0.3) is 0 Å². The standard InChI is InChI=1S/C18H29NO/c1-4-5-12-20-17-8-6-15(7-9-17)14-19-16-10-11-18(2,3)13-16/h6-9,16,19H,4-5,10-14H2,1-3H3. The van der Waals surface area contributed by atoms with E-state index in [4.69, 9.17) is 4.74 Å². The lowest BCUT2D eigenvalue weighted by Crippen LogP contribution is -2.26. The van der Waals surface area contributed by atoms with Crippen LogP contribution in [0.15, 0.2) is 24.3 Å². The third kappa shape index (κ3) is 4.82. The fourth-order valence-corrected chi connectivity index (χ4v) is 2.91. The first kappa shape index (κ1) is 15.4. The molecule has 0 bridgehead atoms. The van der Waals surface area contributed by atoms with Gasteiger partial charge < -0.3 is 10.1 Å². The van der Waals surface area contributed by atoms with Crippen molar-refractivity contribution < 1.29 is 4.74 Å². The highest BCUT2D eigenvalue weighted by Crippen LogP contribution is 2.36. The highest BCUT2D eigenvalue weighted by Gasteiger charge is 2.30. The number of hydrogen-bond acceptors (Lipinski definition) is 2. The van der Waals surface area contributed by atoms with Gasteiger partial charge in [-0.3, -0.25) is 0 Å². The van der Waals surface area contributed by atoms with Gasteiger partial charge in [-0.25, -0.2) is 0 Å². The molecule has 1 aliphatic carbocycles. The van der Waals surface area contributed by atoms with Crippen LogP contribution in [0.5, 0.6) is 5.75 Å². The summed E-state index contributed by atoms with van der Waals surface area (Å²) in [5, 5.41) is 3.68. The zero-order valence-corrected chi connectivity index (χ0v) is 13.2. The number of hydrogen-bond donors (Lipinski definition) is 1. The van der Waals surface area contributed by atoms with Crippen molar-refractivity contribution in [1.82, 2.24) is 5.32 Å². The number of ether oxygens (including phenoxy) is 1. The number of benzene rings is 1. The summed E-state index contributed by atoms with van der Waals surface area (Å²) < 4.78 is 5.69. The molecule has 2 heteroatoms. The molecule has 1 aromatic rings. The molecule has 0 saturated heterocycles. The van der Waals surface area contributed by atoms with Crippen LogP contribution in [0.1, 0.15) is 58.4 Å². The van der Waals surface area contributed by atoms with Crippen molar-refractivity contribution >= 4 is 0 Å². The number of nitrogens with one attached hydrogen (secondary N) is 1. The van der Waals surface area contributed by atoms with Crippen LogP contribution in [0.25, 0.3) is 0 Å². The van der Waals surface area contributed by atoms with E-state index in [2.05, 4.69) is 50.4 Å². The molecule has 0 aliphatic heterocycles. The van der Waals surface area contributed by atoms with Crippen molar-refractivity contribution in [2.75, 3.05) is 6.61 Å². The molecule has 20 heavy (non-hydrogen) atoms. The summed E-state index contributed by atoms with van der Waals surface area (Å²) in [4.78, 5) is 0. The van der Waals surface area contributed by atoms with Crippen molar-refractivity contribution in [2.24, 2.45) is 5.41 Å². The summed E-state index contributed by atoms with van der Waals surface area (Å²) in [7, 11) is 0. The van der Waals surface area contributed by atoms with E-state index >= 15 is 0 Å². The van der Waals surface area contributed by atoms with E-state index in [0.29, 0.717) is 11.5 Å². The highest BCUT2D eigenvalue weighted by molar-refractivity contribution is 5.27. The Morgan fingerprint density at radius 1 is 1.25 bits per heavy atom. The summed E-state index contributed by atoms with van der Waals surface area (Å²) >= 11 is 0. The topological polar surface area (TPSA) is 21.3 Å². The van der Waals surface area contributed by atoms with E-state index in [0.717, 1.165) is 25.3 Å². The maximum absolute atomic E-state index is 5.69. The first-order chi connectivity index (χ1) is 9.59. The molecule has 0 heterocycles. The lowest BCUT2D eigenvalue weighted by molar-refractivity contribution is 0.309. The molecule has 0 amide bonds. The molecule has 0 radical (unpaired) electrons. The zero-order chi connectivity index (χ0) is 14.4. The molecule has 1 aliphatic rings. The molecule has 1 atom stereocenters. The van der Waals surface area contributed by atoms with Crippen LogP contribution in [-0.2, 0) is 6.54 Å². The maximum atomic E-state index is 5.69. The lowest BCUT2D eigenvalue weighted by Gasteiger charge is -2.18. The minimum absolute atomic E-state index is 0.522. The van der Waals surface area contributed by atoms with E-state index in [1.807, 2.05) is 0 Å². The van der Waals surface area contributed by atoms with Crippen LogP contribution in [0.3, 0.4) is 0 Å². The van der Waals surface area contributed by atoms with Gasteiger partial charge in [0.15, 0.2) is 0 Å². The minimum atomic E-state index is 0.522. The predicted molar refractivity (Wildman–Crippen MR) is 85.1 cm³/mol. The van der Waals surface area contributed by atoms with Gasteiger partial charge in [-0.15, -0.1) is 0 Å². The van der Waals surface area contributed by atoms with Crippen molar-refractivity contribution in [2.45, 2.75) is 65.5 Å². The smallest absolute Gasteiger partial charge is 0.119 e. The molecule has 2 nitrogen and oxygen atoms in total. The lowest BCUT2D eigenvalue weighted by atomic mass is 9.92. The molecule has 2 rings (SSSR count). The average Bonchev–Trinajstić information content (AvgIpc) is 2.78. The summed E-state index contributed by atoms with van der Waals surface area (Å²) in [6.45, 7) is 8.72. The fraction of sp³-hybridized carbons (Fsp3) is 0.667. The van der Waals surface area contributed by atoms with E-state index in [1.165, 1.54) is 31.2 Å². The van der Waals surface area contributed by atoms with Gasteiger partial charge >= 0.3 is 0 Å². The normalized spacial score (nSPS) is 21.1. The average molecular weight is 275 g/mol. The molecule has 0 aromatic heterocycles. The van der Waals surface area contributed by atoms with Crippen molar-refractivity contribution in [1.29, 1.82) is 0 Å². The minimum Gasteiger partial charge on any atom is -0.494 e.